The van der Waals surface area contributed by atoms with Crippen LogP contribution in [0.3, 0.4) is 0 Å². The standard InChI is InChI=1S/C11H8F2N4S/c12-7-2-1-6(5-8(7)13)18-11-16-4-3-9(17-11)10(14)15/h1-5H,(H3,14,15). The van der Waals surface area contributed by atoms with Gasteiger partial charge in [0.25, 0.3) is 0 Å². The lowest BCUT2D eigenvalue weighted by Crippen LogP contribution is -2.13. The fourth-order valence-corrected chi connectivity index (χ4v) is 1.95. The summed E-state index contributed by atoms with van der Waals surface area (Å²) in [5, 5.41) is 7.56. The molecule has 7 heteroatoms. The predicted octanol–water partition coefficient (Wildman–Crippen LogP) is 2.19. The van der Waals surface area contributed by atoms with Crippen LogP contribution in [0.5, 0.6) is 0 Å². The highest BCUT2D eigenvalue weighted by Crippen LogP contribution is 2.25. The van der Waals surface area contributed by atoms with Gasteiger partial charge < -0.3 is 5.73 Å². The molecule has 3 N–H and O–H groups in total. The van der Waals surface area contributed by atoms with Crippen molar-refractivity contribution < 1.29 is 8.78 Å². The van der Waals surface area contributed by atoms with E-state index in [0.717, 1.165) is 23.9 Å². The molecule has 18 heavy (non-hydrogen) atoms. The largest absolute Gasteiger partial charge is 0.382 e. The SMILES string of the molecule is N=C(N)c1ccnc(Sc2ccc(F)c(F)c2)n1. The van der Waals surface area contributed by atoms with E-state index in [9.17, 15) is 8.78 Å². The second-order valence-electron chi connectivity index (χ2n) is 3.32. The first-order valence-electron chi connectivity index (χ1n) is 4.86. The van der Waals surface area contributed by atoms with Gasteiger partial charge in [0.05, 0.1) is 0 Å². The quantitative estimate of drug-likeness (QED) is 0.507. The first-order chi connectivity index (χ1) is 8.56. The van der Waals surface area contributed by atoms with Gasteiger partial charge in [-0.3, -0.25) is 5.41 Å². The second kappa shape index (κ2) is 5.09. The van der Waals surface area contributed by atoms with Crippen molar-refractivity contribution in [2.75, 3.05) is 0 Å². The number of hydrogen-bond acceptors (Lipinski definition) is 4. The van der Waals surface area contributed by atoms with Gasteiger partial charge >= 0.3 is 0 Å². The van der Waals surface area contributed by atoms with Crippen LogP contribution in [0.2, 0.25) is 0 Å². The summed E-state index contributed by atoms with van der Waals surface area (Å²) in [5.74, 6) is -2.01. The van der Waals surface area contributed by atoms with E-state index in [-0.39, 0.29) is 11.5 Å². The number of nitrogens with zero attached hydrogens (tertiary/aromatic N) is 2. The molecule has 92 valence electrons. The smallest absolute Gasteiger partial charge is 0.193 e. The van der Waals surface area contributed by atoms with E-state index in [4.69, 9.17) is 11.1 Å². The number of nitrogen functional groups attached to an aromatic ring is 1. The Balaban J connectivity index is 2.25. The summed E-state index contributed by atoms with van der Waals surface area (Å²) < 4.78 is 25.8. The summed E-state index contributed by atoms with van der Waals surface area (Å²) >= 11 is 1.06. The molecule has 0 fully saturated rings. The van der Waals surface area contributed by atoms with Gasteiger partial charge in [-0.2, -0.15) is 0 Å². The minimum Gasteiger partial charge on any atom is -0.382 e. The lowest BCUT2D eigenvalue weighted by molar-refractivity contribution is 0.506. The summed E-state index contributed by atoms with van der Waals surface area (Å²) in [6.45, 7) is 0. The molecule has 0 aliphatic carbocycles. The second-order valence-corrected chi connectivity index (χ2v) is 4.36. The predicted molar refractivity (Wildman–Crippen MR) is 63.5 cm³/mol. The van der Waals surface area contributed by atoms with Crippen molar-refractivity contribution in [1.29, 1.82) is 5.41 Å². The molecule has 0 spiro atoms. The van der Waals surface area contributed by atoms with Crippen LogP contribution in [0.25, 0.3) is 0 Å². The van der Waals surface area contributed by atoms with E-state index in [1.807, 2.05) is 0 Å². The van der Waals surface area contributed by atoms with Crippen LogP contribution >= 0.6 is 11.8 Å². The van der Waals surface area contributed by atoms with Gasteiger partial charge in [-0.1, -0.05) is 0 Å². The maximum absolute atomic E-state index is 13.0. The first-order valence-corrected chi connectivity index (χ1v) is 5.68. The van der Waals surface area contributed by atoms with Crippen LogP contribution in [0, 0.1) is 17.0 Å². The number of rotatable bonds is 3. The van der Waals surface area contributed by atoms with Gasteiger partial charge in [-0.25, -0.2) is 18.7 Å². The van der Waals surface area contributed by atoms with E-state index >= 15 is 0 Å². The van der Waals surface area contributed by atoms with Crippen molar-refractivity contribution in [3.05, 3.63) is 47.8 Å². The molecule has 0 radical (unpaired) electrons. The highest BCUT2D eigenvalue weighted by atomic mass is 32.2. The zero-order chi connectivity index (χ0) is 13.1. The molecule has 0 aliphatic rings. The minimum atomic E-state index is -0.928. The van der Waals surface area contributed by atoms with E-state index in [1.165, 1.54) is 18.3 Å². The molecule has 0 bridgehead atoms. The third-order valence-electron chi connectivity index (χ3n) is 2.01. The van der Waals surface area contributed by atoms with Crippen LogP contribution in [0.15, 0.2) is 40.5 Å². The lowest BCUT2D eigenvalue weighted by Gasteiger charge is -2.02. The Hall–Kier alpha value is -2.02. The average molecular weight is 266 g/mol. The molecule has 0 saturated carbocycles. The van der Waals surface area contributed by atoms with Crippen molar-refractivity contribution in [1.82, 2.24) is 9.97 Å². The van der Waals surface area contributed by atoms with Gasteiger partial charge in [0.2, 0.25) is 0 Å². The summed E-state index contributed by atoms with van der Waals surface area (Å²) in [4.78, 5) is 8.43. The van der Waals surface area contributed by atoms with Crippen LogP contribution in [0.1, 0.15) is 5.69 Å². The zero-order valence-electron chi connectivity index (χ0n) is 9.02. The Bertz CT molecular complexity index is 603. The van der Waals surface area contributed by atoms with E-state index in [1.54, 1.807) is 0 Å². The number of nitrogens with one attached hydrogen (secondary N) is 1. The number of amidine groups is 1. The molecule has 0 amide bonds. The summed E-state index contributed by atoms with van der Waals surface area (Å²) in [6.07, 6.45) is 1.45. The third-order valence-corrected chi connectivity index (χ3v) is 2.88. The zero-order valence-corrected chi connectivity index (χ0v) is 9.84. The van der Waals surface area contributed by atoms with Crippen LogP contribution in [0.4, 0.5) is 8.78 Å². The lowest BCUT2D eigenvalue weighted by atomic mass is 10.3. The van der Waals surface area contributed by atoms with Gasteiger partial charge in [-0.15, -0.1) is 0 Å². The van der Waals surface area contributed by atoms with E-state index < -0.39 is 11.6 Å². The third kappa shape index (κ3) is 2.80. The molecule has 1 aromatic heterocycles. The molecule has 4 nitrogen and oxygen atoms in total. The van der Waals surface area contributed by atoms with Crippen molar-refractivity contribution in [2.45, 2.75) is 10.1 Å². The van der Waals surface area contributed by atoms with Crippen LogP contribution in [-0.2, 0) is 0 Å². The Labute approximate surface area is 106 Å². The van der Waals surface area contributed by atoms with E-state index in [0.29, 0.717) is 10.1 Å². The summed E-state index contributed by atoms with van der Waals surface area (Å²) in [5.41, 5.74) is 5.58. The number of halogens is 2. The van der Waals surface area contributed by atoms with Crippen LogP contribution < -0.4 is 5.73 Å². The molecule has 2 rings (SSSR count). The van der Waals surface area contributed by atoms with Gasteiger partial charge in [-0.05, 0) is 36.0 Å². The highest BCUT2D eigenvalue weighted by molar-refractivity contribution is 7.99. The molecule has 0 saturated heterocycles. The molecule has 0 atom stereocenters. The topological polar surface area (TPSA) is 75.7 Å². The summed E-state index contributed by atoms with van der Waals surface area (Å²) in [6, 6.07) is 5.01. The van der Waals surface area contributed by atoms with Gasteiger partial charge in [0.15, 0.2) is 16.8 Å². The van der Waals surface area contributed by atoms with Crippen molar-refractivity contribution in [2.24, 2.45) is 5.73 Å². The fourth-order valence-electron chi connectivity index (χ4n) is 1.19. The van der Waals surface area contributed by atoms with Crippen molar-refractivity contribution in [3.63, 3.8) is 0 Å². The van der Waals surface area contributed by atoms with Gasteiger partial charge in [0.1, 0.15) is 11.5 Å². The van der Waals surface area contributed by atoms with Crippen LogP contribution in [-0.4, -0.2) is 15.8 Å². The molecule has 0 aliphatic heterocycles. The Morgan fingerprint density at radius 3 is 2.67 bits per heavy atom. The molecular weight excluding hydrogens is 258 g/mol. The number of nitrogens with two attached hydrogens (primary N) is 1. The number of aromatic nitrogens is 2. The summed E-state index contributed by atoms with van der Waals surface area (Å²) in [7, 11) is 0. The monoisotopic (exact) mass is 266 g/mol. The normalized spacial score (nSPS) is 10.3. The average Bonchev–Trinajstić information content (AvgIpc) is 2.34. The van der Waals surface area contributed by atoms with Crippen molar-refractivity contribution >= 4 is 17.6 Å². The fraction of sp³-hybridized carbons (Fsp3) is 0. The number of hydrogen-bond donors (Lipinski definition) is 2. The highest BCUT2D eigenvalue weighted by Gasteiger charge is 2.07. The molecule has 0 unspecified atom stereocenters. The Kier molecular flexibility index (Phi) is 3.52. The molecule has 1 heterocycles. The maximum Gasteiger partial charge on any atom is 0.193 e. The van der Waals surface area contributed by atoms with Crippen molar-refractivity contribution in [3.8, 4) is 0 Å². The minimum absolute atomic E-state index is 0.176. The van der Waals surface area contributed by atoms with Gasteiger partial charge in [0, 0.05) is 11.1 Å². The first kappa shape index (κ1) is 12.4. The number of benzene rings is 1. The molecular formula is C11H8F2N4S. The maximum atomic E-state index is 13.0. The van der Waals surface area contributed by atoms with E-state index in [2.05, 4.69) is 9.97 Å². The molecule has 1 aromatic carbocycles. The Morgan fingerprint density at radius 2 is 2.00 bits per heavy atom. The molecule has 2 aromatic rings. The Morgan fingerprint density at radius 1 is 1.22 bits per heavy atom.